The monoisotopic (exact) mass is 500 g/mol. The first-order chi connectivity index (χ1) is 16.6. The molecule has 35 heavy (non-hydrogen) atoms. The Balaban J connectivity index is 1.47. The fourth-order valence-corrected chi connectivity index (χ4v) is 5.53. The average Bonchev–Trinajstić information content (AvgIpc) is 3.14. The molecule has 0 aromatic carbocycles. The fraction of sp³-hybridized carbons (Fsp3) is 0.520. The molecule has 3 atom stereocenters. The molecule has 0 saturated heterocycles. The maximum Gasteiger partial charge on any atom is 0.255 e. The van der Waals surface area contributed by atoms with E-state index in [1.54, 1.807) is 16.8 Å². The van der Waals surface area contributed by atoms with Crippen molar-refractivity contribution in [3.63, 3.8) is 0 Å². The van der Waals surface area contributed by atoms with Crippen molar-refractivity contribution in [2.24, 2.45) is 5.92 Å². The Kier molecular flexibility index (Phi) is 5.96. The number of amides is 1. The first kappa shape index (κ1) is 23.9. The van der Waals surface area contributed by atoms with Gasteiger partial charge in [0.2, 0.25) is 0 Å². The molecule has 0 aliphatic heterocycles. The number of carbonyl (C=O) groups is 1. The van der Waals surface area contributed by atoms with E-state index in [9.17, 15) is 14.3 Å². The molecule has 8 nitrogen and oxygen atoms in total. The Morgan fingerprint density at radius 3 is 2.89 bits per heavy atom. The second-order valence-corrected chi connectivity index (χ2v) is 10.6. The summed E-state index contributed by atoms with van der Waals surface area (Å²) in [4.78, 5) is 22.3. The molecule has 2 unspecified atom stereocenters. The van der Waals surface area contributed by atoms with Crippen molar-refractivity contribution in [2.75, 3.05) is 18.4 Å². The van der Waals surface area contributed by atoms with Crippen LogP contribution in [0.1, 0.15) is 62.5 Å². The number of aliphatic hydroxyl groups is 1. The summed E-state index contributed by atoms with van der Waals surface area (Å²) in [6.45, 7) is 4.92. The molecule has 2 saturated carbocycles. The lowest BCUT2D eigenvalue weighted by Crippen LogP contribution is -2.42. The van der Waals surface area contributed by atoms with Crippen LogP contribution in [0.15, 0.2) is 24.7 Å². The molecule has 1 amide bonds. The molecule has 0 bridgehead atoms. The normalized spacial score (nSPS) is 22.2. The van der Waals surface area contributed by atoms with Crippen molar-refractivity contribution in [1.29, 1.82) is 0 Å². The van der Waals surface area contributed by atoms with Gasteiger partial charge in [0.15, 0.2) is 5.65 Å². The summed E-state index contributed by atoms with van der Waals surface area (Å²) in [7, 11) is 0. The third kappa shape index (κ3) is 4.25. The summed E-state index contributed by atoms with van der Waals surface area (Å²) >= 11 is 6.62. The van der Waals surface area contributed by atoms with Gasteiger partial charge in [-0.25, -0.2) is 13.9 Å². The van der Waals surface area contributed by atoms with Gasteiger partial charge in [-0.1, -0.05) is 18.0 Å². The Morgan fingerprint density at radius 1 is 1.43 bits per heavy atom. The summed E-state index contributed by atoms with van der Waals surface area (Å²) < 4.78 is 15.8. The number of halogens is 2. The van der Waals surface area contributed by atoms with Gasteiger partial charge in [-0.15, -0.1) is 0 Å². The van der Waals surface area contributed by atoms with E-state index < -0.39 is 17.7 Å². The van der Waals surface area contributed by atoms with Crippen molar-refractivity contribution >= 4 is 28.8 Å². The van der Waals surface area contributed by atoms with Crippen LogP contribution in [0.25, 0.3) is 16.9 Å². The first-order valence-electron chi connectivity index (χ1n) is 12.1. The highest BCUT2D eigenvalue weighted by Gasteiger charge is 2.59. The number of aromatic nitrogens is 4. The number of anilines is 1. The maximum absolute atomic E-state index is 14.1. The van der Waals surface area contributed by atoms with Crippen LogP contribution >= 0.6 is 11.6 Å². The molecule has 3 aromatic rings. The van der Waals surface area contributed by atoms with E-state index in [0.29, 0.717) is 34.5 Å². The molecule has 2 aliphatic rings. The van der Waals surface area contributed by atoms with E-state index in [1.165, 1.54) is 32.9 Å². The number of hydrogen-bond donors (Lipinski definition) is 3. The van der Waals surface area contributed by atoms with Crippen LogP contribution in [0.3, 0.4) is 0 Å². The molecule has 186 valence electrons. The van der Waals surface area contributed by atoms with Crippen molar-refractivity contribution in [2.45, 2.75) is 63.6 Å². The van der Waals surface area contributed by atoms with Gasteiger partial charge in [0.05, 0.1) is 57.8 Å². The van der Waals surface area contributed by atoms with E-state index in [0.717, 1.165) is 24.1 Å². The number of fused-ring (bicyclic) bond motifs is 2. The fourth-order valence-electron chi connectivity index (χ4n) is 5.20. The van der Waals surface area contributed by atoms with Crippen LogP contribution < -0.4 is 10.6 Å². The predicted molar refractivity (Wildman–Crippen MR) is 133 cm³/mol. The second-order valence-electron chi connectivity index (χ2n) is 10.2. The van der Waals surface area contributed by atoms with Crippen molar-refractivity contribution in [3.8, 4) is 11.3 Å². The number of hydrogen-bond acceptors (Lipinski definition) is 6. The predicted octanol–water partition coefficient (Wildman–Crippen LogP) is 4.16. The van der Waals surface area contributed by atoms with E-state index in [2.05, 4.69) is 20.7 Å². The van der Waals surface area contributed by atoms with Gasteiger partial charge in [0, 0.05) is 18.2 Å². The summed E-state index contributed by atoms with van der Waals surface area (Å²) in [6, 6.07) is 1.78. The zero-order valence-corrected chi connectivity index (χ0v) is 20.9. The van der Waals surface area contributed by atoms with E-state index in [1.807, 2.05) is 13.1 Å². The minimum absolute atomic E-state index is 0.0993. The lowest BCUT2D eigenvalue weighted by Gasteiger charge is -2.22. The maximum atomic E-state index is 14.1. The van der Waals surface area contributed by atoms with Crippen LogP contribution in [0.2, 0.25) is 5.02 Å². The Morgan fingerprint density at radius 2 is 2.23 bits per heavy atom. The molecule has 10 heteroatoms. The zero-order valence-electron chi connectivity index (χ0n) is 20.1. The van der Waals surface area contributed by atoms with E-state index in [-0.39, 0.29) is 17.5 Å². The standard InChI is InChI=1S/C25H30ClFN6O2/c1-4-28-19-8-18(29-10-16(19)23(34)30-12-20(27)24(2,3)35)15-11-31-33-13-17(26)21(32-22(15)33)25-7-5-6-14(25)9-25/h8,10-11,13-14,20,35H,4-7,9,12H2,1-3H3,(H,28,29)(H,30,34)/t14?,20-,25?/m1/s1. The second kappa shape index (κ2) is 8.71. The number of rotatable bonds is 8. The van der Waals surface area contributed by atoms with Crippen LogP contribution in [0.5, 0.6) is 0 Å². The molecule has 3 N–H and O–H groups in total. The highest BCUT2D eigenvalue weighted by atomic mass is 35.5. The molecular weight excluding hydrogens is 471 g/mol. The quantitative estimate of drug-likeness (QED) is 0.429. The highest BCUT2D eigenvalue weighted by Crippen LogP contribution is 2.65. The van der Waals surface area contributed by atoms with Gasteiger partial charge in [-0.3, -0.25) is 9.78 Å². The molecule has 2 aliphatic carbocycles. The van der Waals surface area contributed by atoms with Crippen molar-refractivity contribution in [1.82, 2.24) is 24.9 Å². The number of pyridine rings is 1. The number of nitrogens with zero attached hydrogens (tertiary/aromatic N) is 4. The molecule has 2 fully saturated rings. The molecule has 3 aromatic heterocycles. The Labute approximate surface area is 208 Å². The van der Waals surface area contributed by atoms with Gasteiger partial charge in [0.1, 0.15) is 6.17 Å². The van der Waals surface area contributed by atoms with Crippen LogP contribution in [-0.2, 0) is 5.41 Å². The third-order valence-electron chi connectivity index (χ3n) is 7.33. The summed E-state index contributed by atoms with van der Waals surface area (Å²) in [5.41, 5.74) is 2.39. The van der Waals surface area contributed by atoms with Crippen LogP contribution in [0, 0.1) is 5.92 Å². The highest BCUT2D eigenvalue weighted by molar-refractivity contribution is 6.31. The SMILES string of the molecule is CCNc1cc(-c2cnn3cc(Cl)c(C45CCCC4C5)nc23)ncc1C(=O)NC[C@@H](F)C(C)(C)O. The molecule has 0 radical (unpaired) electrons. The number of nitrogens with one attached hydrogen (secondary N) is 2. The van der Waals surface area contributed by atoms with Gasteiger partial charge in [-0.2, -0.15) is 5.10 Å². The summed E-state index contributed by atoms with van der Waals surface area (Å²) in [5.74, 6) is 0.192. The van der Waals surface area contributed by atoms with E-state index in [4.69, 9.17) is 16.6 Å². The minimum atomic E-state index is -1.60. The van der Waals surface area contributed by atoms with E-state index >= 15 is 0 Å². The molecule has 3 heterocycles. The number of carbonyl (C=O) groups excluding carboxylic acids is 1. The summed E-state index contributed by atoms with van der Waals surface area (Å²) in [6.07, 6.45) is 8.07. The van der Waals surface area contributed by atoms with Gasteiger partial charge < -0.3 is 15.7 Å². The Hall–Kier alpha value is -2.78. The summed E-state index contributed by atoms with van der Waals surface area (Å²) in [5, 5.41) is 20.6. The van der Waals surface area contributed by atoms with Crippen molar-refractivity contribution in [3.05, 3.63) is 40.9 Å². The van der Waals surface area contributed by atoms with Crippen LogP contribution in [0.4, 0.5) is 10.1 Å². The molecular formula is C25H30ClFN6O2. The van der Waals surface area contributed by atoms with Gasteiger partial charge >= 0.3 is 0 Å². The van der Waals surface area contributed by atoms with Crippen molar-refractivity contribution < 1.29 is 14.3 Å². The third-order valence-corrected chi connectivity index (χ3v) is 7.60. The van der Waals surface area contributed by atoms with Crippen LogP contribution in [-0.4, -0.2) is 55.5 Å². The Bertz CT molecular complexity index is 1290. The lowest BCUT2D eigenvalue weighted by atomic mass is 9.99. The lowest BCUT2D eigenvalue weighted by molar-refractivity contribution is -0.00177. The van der Waals surface area contributed by atoms with Gasteiger partial charge in [0.25, 0.3) is 5.91 Å². The number of alkyl halides is 1. The first-order valence-corrected chi connectivity index (χ1v) is 12.4. The zero-order chi connectivity index (χ0) is 25.0. The average molecular weight is 501 g/mol. The smallest absolute Gasteiger partial charge is 0.255 e. The largest absolute Gasteiger partial charge is 0.387 e. The molecule has 5 rings (SSSR count). The van der Waals surface area contributed by atoms with Gasteiger partial charge in [-0.05, 0) is 52.0 Å². The minimum Gasteiger partial charge on any atom is -0.387 e. The topological polar surface area (TPSA) is 104 Å². The molecule has 0 spiro atoms.